The van der Waals surface area contributed by atoms with Crippen LogP contribution < -0.4 is 0 Å². The van der Waals surface area contributed by atoms with Crippen molar-refractivity contribution in [3.8, 4) is 0 Å². The van der Waals surface area contributed by atoms with Crippen molar-refractivity contribution in [3.05, 3.63) is 35.0 Å². The number of rotatable bonds is 2. The van der Waals surface area contributed by atoms with Crippen molar-refractivity contribution in [2.45, 2.75) is 18.9 Å². The first-order valence-electron chi connectivity index (χ1n) is 6.30. The van der Waals surface area contributed by atoms with Crippen LogP contribution in [0.2, 0.25) is 0 Å². The lowest BCUT2D eigenvalue weighted by molar-refractivity contribution is -0.141. The number of carbonyl (C=O) groups is 2. The Hall–Kier alpha value is -1.95. The van der Waals surface area contributed by atoms with Crippen LogP contribution in [0.4, 0.5) is 4.39 Å². The Labute approximate surface area is 118 Å². The predicted molar refractivity (Wildman–Crippen MR) is 73.5 cm³/mol. The summed E-state index contributed by atoms with van der Waals surface area (Å²) in [5.74, 6) is -1.67. The smallest absolute Gasteiger partial charge is 0.326 e. The number of thiophene rings is 1. The summed E-state index contributed by atoms with van der Waals surface area (Å²) in [6.45, 7) is 0.437. The first kappa shape index (κ1) is 13.1. The lowest BCUT2D eigenvalue weighted by atomic mass is 10.2. The first-order chi connectivity index (χ1) is 9.58. The molecule has 1 aliphatic heterocycles. The molecular formula is C14H12FNO3S. The van der Waals surface area contributed by atoms with Gasteiger partial charge in [0.2, 0.25) is 0 Å². The number of hydrogen-bond acceptors (Lipinski definition) is 3. The molecule has 3 rings (SSSR count). The number of benzene rings is 1. The summed E-state index contributed by atoms with van der Waals surface area (Å²) in [6, 6.07) is 5.43. The van der Waals surface area contributed by atoms with Crippen molar-refractivity contribution in [1.29, 1.82) is 0 Å². The molecule has 6 heteroatoms. The standard InChI is InChI=1S/C14H12FNO3S/c15-9-3-1-5-11-8(9)7-12(20-11)13(17)16-6-2-4-10(16)14(18)19/h1,3,5,7,10H,2,4,6H2,(H,18,19). The second kappa shape index (κ2) is 4.86. The second-order valence-electron chi connectivity index (χ2n) is 4.76. The molecule has 0 aliphatic carbocycles. The number of fused-ring (bicyclic) bond motifs is 1. The Morgan fingerprint density at radius 3 is 2.90 bits per heavy atom. The van der Waals surface area contributed by atoms with Crippen molar-refractivity contribution in [2.24, 2.45) is 0 Å². The SMILES string of the molecule is O=C(O)C1CCCN1C(=O)c1cc2c(F)cccc2s1. The van der Waals surface area contributed by atoms with Gasteiger partial charge in [-0.25, -0.2) is 9.18 Å². The Morgan fingerprint density at radius 2 is 2.20 bits per heavy atom. The Kier molecular flexibility index (Phi) is 3.17. The van der Waals surface area contributed by atoms with Gasteiger partial charge in [-0.05, 0) is 31.0 Å². The zero-order chi connectivity index (χ0) is 14.3. The molecule has 1 amide bonds. The van der Waals surface area contributed by atoms with E-state index in [4.69, 9.17) is 5.11 Å². The summed E-state index contributed by atoms with van der Waals surface area (Å²) in [5.41, 5.74) is 0. The van der Waals surface area contributed by atoms with Crippen LogP contribution in [0.5, 0.6) is 0 Å². The molecule has 1 fully saturated rings. The van der Waals surface area contributed by atoms with Crippen molar-refractivity contribution in [3.63, 3.8) is 0 Å². The summed E-state index contributed by atoms with van der Waals surface area (Å²) in [5, 5.41) is 9.52. The minimum absolute atomic E-state index is 0.324. The number of likely N-dealkylation sites (tertiary alicyclic amines) is 1. The minimum Gasteiger partial charge on any atom is -0.480 e. The molecule has 0 bridgehead atoms. The largest absolute Gasteiger partial charge is 0.480 e. The van der Waals surface area contributed by atoms with Crippen LogP contribution in [0.1, 0.15) is 22.5 Å². The highest BCUT2D eigenvalue weighted by Crippen LogP contribution is 2.30. The molecule has 1 aliphatic rings. The van der Waals surface area contributed by atoms with Crippen LogP contribution in [0.15, 0.2) is 24.3 Å². The number of aliphatic carboxylic acids is 1. The second-order valence-corrected chi connectivity index (χ2v) is 5.84. The van der Waals surface area contributed by atoms with E-state index in [0.717, 1.165) is 0 Å². The van der Waals surface area contributed by atoms with E-state index >= 15 is 0 Å². The number of hydrogen-bond donors (Lipinski definition) is 1. The van der Waals surface area contributed by atoms with Crippen molar-refractivity contribution >= 4 is 33.3 Å². The normalized spacial score (nSPS) is 18.6. The molecule has 2 aromatic rings. The molecule has 1 saturated heterocycles. The van der Waals surface area contributed by atoms with Crippen molar-refractivity contribution in [1.82, 2.24) is 4.90 Å². The molecular weight excluding hydrogens is 281 g/mol. The van der Waals surface area contributed by atoms with Crippen molar-refractivity contribution < 1.29 is 19.1 Å². The highest BCUT2D eigenvalue weighted by atomic mass is 32.1. The quantitative estimate of drug-likeness (QED) is 0.926. The van der Waals surface area contributed by atoms with Crippen LogP contribution in [0.25, 0.3) is 10.1 Å². The first-order valence-corrected chi connectivity index (χ1v) is 7.11. The number of halogens is 1. The van der Waals surface area contributed by atoms with E-state index < -0.39 is 12.0 Å². The summed E-state index contributed by atoms with van der Waals surface area (Å²) in [6.07, 6.45) is 1.16. The van der Waals surface area contributed by atoms with Gasteiger partial charge in [-0.2, -0.15) is 0 Å². The lowest BCUT2D eigenvalue weighted by Crippen LogP contribution is -2.40. The molecule has 2 heterocycles. The third-order valence-corrected chi connectivity index (χ3v) is 4.61. The van der Waals surface area contributed by atoms with E-state index in [2.05, 4.69) is 0 Å². The maximum atomic E-state index is 13.6. The van der Waals surface area contributed by atoms with Gasteiger partial charge in [0.15, 0.2) is 0 Å². The monoisotopic (exact) mass is 293 g/mol. The maximum Gasteiger partial charge on any atom is 0.326 e. The van der Waals surface area contributed by atoms with E-state index in [1.165, 1.54) is 28.4 Å². The molecule has 104 valence electrons. The van der Waals surface area contributed by atoms with E-state index in [-0.39, 0.29) is 11.7 Å². The molecule has 4 nitrogen and oxygen atoms in total. The number of carboxylic acid groups (broad SMARTS) is 1. The van der Waals surface area contributed by atoms with Crippen LogP contribution >= 0.6 is 11.3 Å². The Balaban J connectivity index is 1.96. The molecule has 0 radical (unpaired) electrons. The van der Waals surface area contributed by atoms with Gasteiger partial charge in [0.25, 0.3) is 5.91 Å². The molecule has 1 aromatic carbocycles. The van der Waals surface area contributed by atoms with Gasteiger partial charge in [-0.15, -0.1) is 11.3 Å². The van der Waals surface area contributed by atoms with Gasteiger partial charge in [-0.1, -0.05) is 6.07 Å². The van der Waals surface area contributed by atoms with Gasteiger partial charge in [-0.3, -0.25) is 4.79 Å². The zero-order valence-corrected chi connectivity index (χ0v) is 11.3. The fourth-order valence-corrected chi connectivity index (χ4v) is 3.57. The van der Waals surface area contributed by atoms with Crippen LogP contribution in [0.3, 0.4) is 0 Å². The molecule has 1 aromatic heterocycles. The molecule has 1 atom stereocenters. The van der Waals surface area contributed by atoms with Gasteiger partial charge < -0.3 is 10.0 Å². The third-order valence-electron chi connectivity index (χ3n) is 3.52. The topological polar surface area (TPSA) is 57.6 Å². The molecule has 1 N–H and O–H groups in total. The maximum absolute atomic E-state index is 13.6. The van der Waals surface area contributed by atoms with E-state index in [9.17, 15) is 14.0 Å². The highest BCUT2D eigenvalue weighted by molar-refractivity contribution is 7.20. The highest BCUT2D eigenvalue weighted by Gasteiger charge is 2.35. The molecule has 1 unspecified atom stereocenters. The van der Waals surface area contributed by atoms with Crippen LogP contribution in [-0.4, -0.2) is 34.5 Å². The summed E-state index contributed by atoms with van der Waals surface area (Å²) in [7, 11) is 0. The van der Waals surface area contributed by atoms with Crippen LogP contribution in [-0.2, 0) is 4.79 Å². The number of amides is 1. The fraction of sp³-hybridized carbons (Fsp3) is 0.286. The average Bonchev–Trinajstić information content (AvgIpc) is 3.05. The average molecular weight is 293 g/mol. The van der Waals surface area contributed by atoms with Crippen LogP contribution in [0, 0.1) is 5.82 Å². The zero-order valence-electron chi connectivity index (χ0n) is 10.5. The number of carboxylic acids is 1. The van der Waals surface area contributed by atoms with Gasteiger partial charge in [0, 0.05) is 16.6 Å². The van der Waals surface area contributed by atoms with E-state index in [1.807, 2.05) is 0 Å². The van der Waals surface area contributed by atoms with Crippen molar-refractivity contribution in [2.75, 3.05) is 6.54 Å². The Bertz CT molecular complexity index is 697. The van der Waals surface area contributed by atoms with Gasteiger partial charge in [0.1, 0.15) is 11.9 Å². The van der Waals surface area contributed by atoms with E-state index in [1.54, 1.807) is 12.1 Å². The Morgan fingerprint density at radius 1 is 1.40 bits per heavy atom. The predicted octanol–water partition coefficient (Wildman–Crippen LogP) is 2.73. The van der Waals surface area contributed by atoms with Gasteiger partial charge in [0.05, 0.1) is 4.88 Å². The van der Waals surface area contributed by atoms with E-state index in [0.29, 0.717) is 34.3 Å². The summed E-state index contributed by atoms with van der Waals surface area (Å²) < 4.78 is 14.3. The molecule has 0 spiro atoms. The number of nitrogens with zero attached hydrogens (tertiary/aromatic N) is 1. The van der Waals surface area contributed by atoms with Gasteiger partial charge >= 0.3 is 5.97 Å². The fourth-order valence-electron chi connectivity index (χ4n) is 2.54. The lowest BCUT2D eigenvalue weighted by Gasteiger charge is -2.20. The molecule has 20 heavy (non-hydrogen) atoms. The third kappa shape index (κ3) is 2.06. The number of carbonyl (C=O) groups excluding carboxylic acids is 1. The summed E-state index contributed by atoms with van der Waals surface area (Å²) in [4.78, 5) is 25.3. The molecule has 0 saturated carbocycles. The minimum atomic E-state index is -0.983. The summed E-state index contributed by atoms with van der Waals surface area (Å²) >= 11 is 1.20.